The summed E-state index contributed by atoms with van der Waals surface area (Å²) in [6.45, 7) is 3.14. The van der Waals surface area contributed by atoms with Gasteiger partial charge < -0.3 is 15.0 Å². The number of ether oxygens (including phenoxy) is 1. The van der Waals surface area contributed by atoms with Crippen molar-refractivity contribution in [3.05, 3.63) is 76.6 Å². The predicted molar refractivity (Wildman–Crippen MR) is 122 cm³/mol. The predicted octanol–water partition coefficient (Wildman–Crippen LogP) is 5.31. The molecule has 1 fully saturated rings. The molecule has 0 radical (unpaired) electrons. The maximum absolute atomic E-state index is 14.1. The van der Waals surface area contributed by atoms with Crippen LogP contribution < -0.4 is 10.1 Å². The molecule has 31 heavy (non-hydrogen) atoms. The number of hydrogen-bond donors (Lipinski definition) is 1. The van der Waals surface area contributed by atoms with Crippen LogP contribution in [-0.4, -0.2) is 30.4 Å². The Bertz CT molecular complexity index is 1050. The fraction of sp³-hybridized carbons (Fsp3) is 0.320. The molecule has 0 atom stereocenters. The molecule has 1 amide bonds. The summed E-state index contributed by atoms with van der Waals surface area (Å²) in [5.74, 6) is 0.598. The van der Waals surface area contributed by atoms with Crippen LogP contribution in [-0.2, 0) is 17.9 Å². The molecule has 0 bridgehead atoms. The van der Waals surface area contributed by atoms with E-state index in [0.717, 1.165) is 48.8 Å². The normalized spacial score (nSPS) is 13.9. The zero-order chi connectivity index (χ0) is 21.6. The van der Waals surface area contributed by atoms with E-state index in [1.54, 1.807) is 12.1 Å². The van der Waals surface area contributed by atoms with Gasteiger partial charge in [0.25, 0.3) is 0 Å². The van der Waals surface area contributed by atoms with Crippen molar-refractivity contribution in [1.29, 1.82) is 0 Å². The second-order valence-electron chi connectivity index (χ2n) is 7.77. The SMILES string of the molecule is O=C1CCCN1CCCNCc1c(OCc2c(F)cccc2Cl)ccc2ccccc12. The van der Waals surface area contributed by atoms with Gasteiger partial charge in [0.15, 0.2) is 0 Å². The van der Waals surface area contributed by atoms with Crippen LogP contribution >= 0.6 is 11.6 Å². The lowest BCUT2D eigenvalue weighted by Gasteiger charge is -2.17. The number of likely N-dealkylation sites (tertiary alicyclic amines) is 1. The topological polar surface area (TPSA) is 41.6 Å². The van der Waals surface area contributed by atoms with Crippen molar-refractivity contribution in [1.82, 2.24) is 10.2 Å². The monoisotopic (exact) mass is 440 g/mol. The Morgan fingerprint density at radius 1 is 1.06 bits per heavy atom. The standard InChI is InChI=1S/C25H26ClFN2O2/c26-22-8-3-9-23(27)21(22)17-31-24-12-11-18-6-1-2-7-19(18)20(24)16-28-13-5-15-29-14-4-10-25(29)30/h1-3,6-9,11-12,28H,4-5,10,13-17H2. The van der Waals surface area contributed by atoms with Gasteiger partial charge in [-0.1, -0.05) is 48.0 Å². The molecule has 1 aliphatic rings. The van der Waals surface area contributed by atoms with Gasteiger partial charge in [-0.15, -0.1) is 0 Å². The van der Waals surface area contributed by atoms with Gasteiger partial charge in [0.1, 0.15) is 18.2 Å². The minimum Gasteiger partial charge on any atom is -0.488 e. The van der Waals surface area contributed by atoms with Crippen molar-refractivity contribution >= 4 is 28.3 Å². The Hall–Kier alpha value is -2.63. The maximum Gasteiger partial charge on any atom is 0.222 e. The van der Waals surface area contributed by atoms with E-state index in [1.165, 1.54) is 6.07 Å². The molecule has 4 rings (SSSR count). The van der Waals surface area contributed by atoms with Crippen LogP contribution in [0.4, 0.5) is 4.39 Å². The molecule has 1 heterocycles. The molecule has 1 aliphatic heterocycles. The third kappa shape index (κ3) is 5.17. The van der Waals surface area contributed by atoms with E-state index < -0.39 is 0 Å². The number of fused-ring (bicyclic) bond motifs is 1. The lowest BCUT2D eigenvalue weighted by Crippen LogP contribution is -2.28. The first kappa shape index (κ1) is 21.6. The number of carbonyl (C=O) groups excluding carboxylic acids is 1. The van der Waals surface area contributed by atoms with Crippen molar-refractivity contribution in [2.24, 2.45) is 0 Å². The summed E-state index contributed by atoms with van der Waals surface area (Å²) in [4.78, 5) is 13.7. The number of halogens is 2. The van der Waals surface area contributed by atoms with Crippen LogP contribution in [0, 0.1) is 5.82 Å². The minimum absolute atomic E-state index is 0.0634. The molecule has 0 saturated carbocycles. The quantitative estimate of drug-likeness (QED) is 0.458. The minimum atomic E-state index is -0.371. The summed E-state index contributed by atoms with van der Waals surface area (Å²) in [5, 5.41) is 6.06. The van der Waals surface area contributed by atoms with E-state index in [1.807, 2.05) is 29.2 Å². The fourth-order valence-electron chi connectivity index (χ4n) is 4.00. The van der Waals surface area contributed by atoms with Crippen LogP contribution in [0.1, 0.15) is 30.4 Å². The highest BCUT2D eigenvalue weighted by Gasteiger charge is 2.19. The average molecular weight is 441 g/mol. The van der Waals surface area contributed by atoms with Crippen LogP contribution in [0.2, 0.25) is 5.02 Å². The summed E-state index contributed by atoms with van der Waals surface area (Å²) in [6.07, 6.45) is 2.54. The van der Waals surface area contributed by atoms with E-state index >= 15 is 0 Å². The Kier molecular flexibility index (Phi) is 7.05. The van der Waals surface area contributed by atoms with Gasteiger partial charge in [-0.25, -0.2) is 4.39 Å². The Morgan fingerprint density at radius 2 is 1.94 bits per heavy atom. The van der Waals surface area contributed by atoms with Gasteiger partial charge in [0.2, 0.25) is 5.91 Å². The highest BCUT2D eigenvalue weighted by Crippen LogP contribution is 2.30. The van der Waals surface area contributed by atoms with Gasteiger partial charge in [-0.3, -0.25) is 4.79 Å². The summed E-state index contributed by atoms with van der Waals surface area (Å²) in [5.41, 5.74) is 1.38. The maximum atomic E-state index is 14.1. The Labute approximate surface area is 187 Å². The third-order valence-electron chi connectivity index (χ3n) is 5.69. The molecule has 3 aromatic rings. The molecule has 3 aromatic carbocycles. The summed E-state index contributed by atoms with van der Waals surface area (Å²) < 4.78 is 20.2. The molecule has 1 N–H and O–H groups in total. The van der Waals surface area contributed by atoms with Crippen molar-refractivity contribution in [2.45, 2.75) is 32.4 Å². The molecule has 0 aliphatic carbocycles. The van der Waals surface area contributed by atoms with Gasteiger partial charge >= 0.3 is 0 Å². The first-order valence-electron chi connectivity index (χ1n) is 10.7. The Morgan fingerprint density at radius 3 is 2.74 bits per heavy atom. The largest absolute Gasteiger partial charge is 0.488 e. The smallest absolute Gasteiger partial charge is 0.222 e. The molecule has 6 heteroatoms. The number of carbonyl (C=O) groups is 1. The summed E-state index contributed by atoms with van der Waals surface area (Å²) >= 11 is 6.15. The van der Waals surface area contributed by atoms with Crippen molar-refractivity contribution < 1.29 is 13.9 Å². The van der Waals surface area contributed by atoms with Gasteiger partial charge in [0, 0.05) is 37.2 Å². The van der Waals surface area contributed by atoms with Gasteiger partial charge in [-0.05, 0) is 48.4 Å². The van der Waals surface area contributed by atoms with E-state index in [4.69, 9.17) is 16.3 Å². The molecular weight excluding hydrogens is 415 g/mol. The summed E-state index contributed by atoms with van der Waals surface area (Å²) in [6, 6.07) is 16.7. The molecule has 0 spiro atoms. The fourth-order valence-corrected chi connectivity index (χ4v) is 4.22. The zero-order valence-corrected chi connectivity index (χ0v) is 18.1. The first-order chi connectivity index (χ1) is 15.1. The van der Waals surface area contributed by atoms with E-state index in [-0.39, 0.29) is 18.3 Å². The number of nitrogens with one attached hydrogen (secondary N) is 1. The summed E-state index contributed by atoms with van der Waals surface area (Å²) in [7, 11) is 0. The molecule has 4 nitrogen and oxygen atoms in total. The third-order valence-corrected chi connectivity index (χ3v) is 6.04. The number of hydrogen-bond acceptors (Lipinski definition) is 3. The highest BCUT2D eigenvalue weighted by atomic mass is 35.5. The molecule has 1 saturated heterocycles. The van der Waals surface area contributed by atoms with Crippen LogP contribution in [0.25, 0.3) is 10.8 Å². The van der Waals surface area contributed by atoms with Crippen LogP contribution in [0.5, 0.6) is 5.75 Å². The molecule has 162 valence electrons. The Balaban J connectivity index is 1.44. The second-order valence-corrected chi connectivity index (χ2v) is 8.17. The van der Waals surface area contributed by atoms with E-state index in [9.17, 15) is 9.18 Å². The van der Waals surface area contributed by atoms with E-state index in [2.05, 4.69) is 17.4 Å². The average Bonchev–Trinajstić information content (AvgIpc) is 3.18. The number of nitrogens with zero attached hydrogens (tertiary/aromatic N) is 1. The van der Waals surface area contributed by atoms with Gasteiger partial charge in [0.05, 0.1) is 5.02 Å². The van der Waals surface area contributed by atoms with Crippen molar-refractivity contribution in [3.63, 3.8) is 0 Å². The first-order valence-corrected chi connectivity index (χ1v) is 11.1. The van der Waals surface area contributed by atoms with Crippen molar-refractivity contribution in [2.75, 3.05) is 19.6 Å². The zero-order valence-electron chi connectivity index (χ0n) is 17.4. The number of benzene rings is 3. The molecule has 0 unspecified atom stereocenters. The van der Waals surface area contributed by atoms with Crippen LogP contribution in [0.15, 0.2) is 54.6 Å². The number of rotatable bonds is 9. The molecule has 0 aromatic heterocycles. The lowest BCUT2D eigenvalue weighted by molar-refractivity contribution is -0.127. The van der Waals surface area contributed by atoms with Crippen molar-refractivity contribution in [3.8, 4) is 5.75 Å². The van der Waals surface area contributed by atoms with Crippen LogP contribution in [0.3, 0.4) is 0 Å². The number of amides is 1. The second kappa shape index (κ2) is 10.1. The lowest BCUT2D eigenvalue weighted by atomic mass is 10.0. The molecular formula is C25H26ClFN2O2. The van der Waals surface area contributed by atoms with Gasteiger partial charge in [-0.2, -0.15) is 0 Å². The highest BCUT2D eigenvalue weighted by molar-refractivity contribution is 6.31. The van der Waals surface area contributed by atoms with E-state index in [0.29, 0.717) is 29.3 Å².